The second kappa shape index (κ2) is 4.20. The van der Waals surface area contributed by atoms with Gasteiger partial charge in [-0.3, -0.25) is 9.78 Å². The number of hydrogen-bond donors (Lipinski definition) is 3. The lowest BCUT2D eigenvalue weighted by Gasteiger charge is -2.01. The SMILES string of the molecule is Cc1ccc(Br)c(-c2nc3nc(N)[nH]c(=O)c3[nH]2)c1. The van der Waals surface area contributed by atoms with E-state index in [1.54, 1.807) is 0 Å². The quantitative estimate of drug-likeness (QED) is 0.638. The van der Waals surface area contributed by atoms with Crippen molar-refractivity contribution >= 4 is 33.0 Å². The Balaban J connectivity index is 2.29. The minimum atomic E-state index is -0.329. The molecule has 0 bridgehead atoms. The fraction of sp³-hybridized carbons (Fsp3) is 0.0833. The average molecular weight is 320 g/mol. The molecule has 0 fully saturated rings. The number of aromatic nitrogens is 4. The zero-order chi connectivity index (χ0) is 13.6. The molecule has 96 valence electrons. The molecular formula is C12H10BrN5O. The van der Waals surface area contributed by atoms with Gasteiger partial charge in [-0.1, -0.05) is 27.6 Å². The van der Waals surface area contributed by atoms with Gasteiger partial charge in [0, 0.05) is 10.0 Å². The predicted molar refractivity (Wildman–Crippen MR) is 76.8 cm³/mol. The molecule has 3 aromatic rings. The van der Waals surface area contributed by atoms with Gasteiger partial charge in [-0.2, -0.15) is 4.98 Å². The van der Waals surface area contributed by atoms with Gasteiger partial charge in [0.25, 0.3) is 5.56 Å². The van der Waals surface area contributed by atoms with Gasteiger partial charge in [-0.05, 0) is 19.1 Å². The summed E-state index contributed by atoms with van der Waals surface area (Å²) in [7, 11) is 0. The average Bonchev–Trinajstić information content (AvgIpc) is 2.76. The summed E-state index contributed by atoms with van der Waals surface area (Å²) < 4.78 is 0.890. The Bertz CT molecular complexity index is 836. The number of nitrogens with one attached hydrogen (secondary N) is 2. The Hall–Kier alpha value is -2.15. The van der Waals surface area contributed by atoms with Crippen molar-refractivity contribution in [3.8, 4) is 11.4 Å². The maximum absolute atomic E-state index is 11.7. The molecular weight excluding hydrogens is 310 g/mol. The van der Waals surface area contributed by atoms with Crippen molar-refractivity contribution in [1.29, 1.82) is 0 Å². The first-order chi connectivity index (χ1) is 9.04. The van der Waals surface area contributed by atoms with Gasteiger partial charge in [0.1, 0.15) is 5.82 Å². The van der Waals surface area contributed by atoms with E-state index in [1.807, 2.05) is 25.1 Å². The lowest BCUT2D eigenvalue weighted by molar-refractivity contribution is 1.17. The highest BCUT2D eigenvalue weighted by Gasteiger charge is 2.12. The number of imidazole rings is 1. The number of nitrogens with zero attached hydrogens (tertiary/aromatic N) is 2. The molecule has 0 atom stereocenters. The number of nitrogens with two attached hydrogens (primary N) is 1. The van der Waals surface area contributed by atoms with Crippen molar-refractivity contribution < 1.29 is 0 Å². The number of anilines is 1. The van der Waals surface area contributed by atoms with Crippen LogP contribution in [0.1, 0.15) is 5.56 Å². The second-order valence-corrected chi connectivity index (χ2v) is 5.07. The van der Waals surface area contributed by atoms with E-state index in [4.69, 9.17) is 5.73 Å². The summed E-state index contributed by atoms with van der Waals surface area (Å²) in [6.45, 7) is 1.99. The Morgan fingerprint density at radius 2 is 2.05 bits per heavy atom. The van der Waals surface area contributed by atoms with Crippen molar-refractivity contribution in [2.24, 2.45) is 0 Å². The third kappa shape index (κ3) is 2.01. The van der Waals surface area contributed by atoms with E-state index in [2.05, 4.69) is 35.9 Å². The predicted octanol–water partition coefficient (Wildman–Crippen LogP) is 1.97. The Kier molecular flexibility index (Phi) is 2.63. The lowest BCUT2D eigenvalue weighted by Crippen LogP contribution is -2.10. The van der Waals surface area contributed by atoms with E-state index in [9.17, 15) is 4.79 Å². The summed E-state index contributed by atoms with van der Waals surface area (Å²) >= 11 is 3.47. The Labute approximate surface area is 116 Å². The topological polar surface area (TPSA) is 100 Å². The number of aromatic amines is 2. The second-order valence-electron chi connectivity index (χ2n) is 4.22. The van der Waals surface area contributed by atoms with Crippen molar-refractivity contribution in [2.75, 3.05) is 5.73 Å². The van der Waals surface area contributed by atoms with Crippen molar-refractivity contribution in [3.63, 3.8) is 0 Å². The largest absolute Gasteiger partial charge is 0.369 e. The first-order valence-corrected chi connectivity index (χ1v) is 6.36. The number of halogens is 1. The van der Waals surface area contributed by atoms with Crippen molar-refractivity contribution in [3.05, 3.63) is 38.6 Å². The third-order valence-corrected chi connectivity index (χ3v) is 3.45. The number of aryl methyl sites for hydroxylation is 1. The van der Waals surface area contributed by atoms with Gasteiger partial charge in [0.15, 0.2) is 11.2 Å². The number of benzene rings is 1. The molecule has 0 radical (unpaired) electrons. The van der Waals surface area contributed by atoms with Crippen LogP contribution >= 0.6 is 15.9 Å². The molecule has 1 aromatic carbocycles. The number of nitrogen functional groups attached to an aromatic ring is 1. The standard InChI is InChI=1S/C12H10BrN5O/c1-5-2-3-7(13)6(4-5)9-15-8-10(16-9)17-12(14)18-11(8)19/h2-4H,1H3,(H4,14,15,16,17,18,19). The van der Waals surface area contributed by atoms with Crippen LogP contribution in [0, 0.1) is 6.92 Å². The number of H-pyrrole nitrogens is 2. The number of fused-ring (bicyclic) bond motifs is 1. The van der Waals surface area contributed by atoms with Gasteiger partial charge in [-0.25, -0.2) is 4.98 Å². The van der Waals surface area contributed by atoms with Crippen LogP contribution in [0.15, 0.2) is 27.5 Å². The summed E-state index contributed by atoms with van der Waals surface area (Å²) in [6.07, 6.45) is 0. The highest BCUT2D eigenvalue weighted by Crippen LogP contribution is 2.27. The summed E-state index contributed by atoms with van der Waals surface area (Å²) in [6, 6.07) is 5.89. The fourth-order valence-electron chi connectivity index (χ4n) is 1.87. The molecule has 0 spiro atoms. The Morgan fingerprint density at radius 1 is 1.26 bits per heavy atom. The normalized spacial score (nSPS) is 11.1. The van der Waals surface area contributed by atoms with E-state index in [1.165, 1.54) is 0 Å². The van der Waals surface area contributed by atoms with Gasteiger partial charge >= 0.3 is 0 Å². The minimum absolute atomic E-state index is 0.0545. The number of rotatable bonds is 1. The van der Waals surface area contributed by atoms with Crippen LogP contribution in [-0.4, -0.2) is 19.9 Å². The van der Waals surface area contributed by atoms with Crippen molar-refractivity contribution in [2.45, 2.75) is 6.92 Å². The van der Waals surface area contributed by atoms with Crippen molar-refractivity contribution in [1.82, 2.24) is 19.9 Å². The molecule has 0 aliphatic rings. The van der Waals surface area contributed by atoms with Gasteiger partial charge in [-0.15, -0.1) is 0 Å². The maximum atomic E-state index is 11.7. The molecule has 0 saturated carbocycles. The lowest BCUT2D eigenvalue weighted by atomic mass is 10.1. The van der Waals surface area contributed by atoms with E-state index in [0.29, 0.717) is 17.0 Å². The molecule has 0 aliphatic heterocycles. The monoisotopic (exact) mass is 319 g/mol. The van der Waals surface area contributed by atoms with Crippen LogP contribution < -0.4 is 11.3 Å². The van der Waals surface area contributed by atoms with Crippen LogP contribution in [0.25, 0.3) is 22.6 Å². The van der Waals surface area contributed by atoms with E-state index >= 15 is 0 Å². The molecule has 0 amide bonds. The molecule has 2 aromatic heterocycles. The summed E-state index contributed by atoms with van der Waals surface area (Å²) in [5.41, 5.74) is 7.76. The first kappa shape index (κ1) is 11.9. The van der Waals surface area contributed by atoms with E-state index in [-0.39, 0.29) is 11.5 Å². The highest BCUT2D eigenvalue weighted by molar-refractivity contribution is 9.10. The molecule has 4 N–H and O–H groups in total. The summed E-state index contributed by atoms with van der Waals surface area (Å²) in [5, 5.41) is 0. The molecule has 0 unspecified atom stereocenters. The minimum Gasteiger partial charge on any atom is -0.369 e. The van der Waals surface area contributed by atoms with Crippen LogP contribution in [0.3, 0.4) is 0 Å². The highest BCUT2D eigenvalue weighted by atomic mass is 79.9. The van der Waals surface area contributed by atoms with E-state index < -0.39 is 0 Å². The molecule has 6 nitrogen and oxygen atoms in total. The Morgan fingerprint density at radius 3 is 2.84 bits per heavy atom. The van der Waals surface area contributed by atoms with Crippen LogP contribution in [0.4, 0.5) is 5.95 Å². The van der Waals surface area contributed by atoms with Crippen LogP contribution in [0.2, 0.25) is 0 Å². The fourth-order valence-corrected chi connectivity index (χ4v) is 2.31. The zero-order valence-corrected chi connectivity index (χ0v) is 11.6. The molecule has 0 aliphatic carbocycles. The van der Waals surface area contributed by atoms with E-state index in [0.717, 1.165) is 15.6 Å². The molecule has 2 heterocycles. The molecule has 7 heteroatoms. The van der Waals surface area contributed by atoms with Gasteiger partial charge < -0.3 is 10.7 Å². The molecule has 19 heavy (non-hydrogen) atoms. The van der Waals surface area contributed by atoms with Crippen LogP contribution in [-0.2, 0) is 0 Å². The summed E-state index contributed by atoms with van der Waals surface area (Å²) in [5.74, 6) is 0.632. The van der Waals surface area contributed by atoms with Crippen LogP contribution in [0.5, 0.6) is 0 Å². The van der Waals surface area contributed by atoms with Gasteiger partial charge in [0.2, 0.25) is 5.95 Å². The maximum Gasteiger partial charge on any atom is 0.278 e. The number of hydrogen-bond acceptors (Lipinski definition) is 4. The molecule has 3 rings (SSSR count). The summed E-state index contributed by atoms with van der Waals surface area (Å²) in [4.78, 5) is 25.5. The molecule has 0 saturated heterocycles. The zero-order valence-electron chi connectivity index (χ0n) is 9.99. The first-order valence-electron chi connectivity index (χ1n) is 5.56. The smallest absolute Gasteiger partial charge is 0.278 e. The third-order valence-electron chi connectivity index (χ3n) is 2.76. The van der Waals surface area contributed by atoms with Gasteiger partial charge in [0.05, 0.1) is 0 Å².